The normalized spacial score (nSPS) is 32.8. The predicted octanol–water partition coefficient (Wildman–Crippen LogP) is 4.88. The first kappa shape index (κ1) is 12.8. The van der Waals surface area contributed by atoms with Gasteiger partial charge in [-0.05, 0) is 67.1 Å². The van der Waals surface area contributed by atoms with Crippen LogP contribution < -0.4 is 0 Å². The van der Waals surface area contributed by atoms with Crippen molar-refractivity contribution in [1.29, 1.82) is 0 Å². The van der Waals surface area contributed by atoms with E-state index < -0.39 is 0 Å². The first-order chi connectivity index (χ1) is 8.97. The Morgan fingerprint density at radius 3 is 2.47 bits per heavy atom. The SMILES string of the molecule is CC1=CC[C@H]2C[C@@H]1[C@H](c1ccc(O)cc1)CC2(C)C. The van der Waals surface area contributed by atoms with Gasteiger partial charge >= 0.3 is 0 Å². The molecular formula is C18H24O. The molecule has 0 radical (unpaired) electrons. The summed E-state index contributed by atoms with van der Waals surface area (Å²) in [5, 5.41) is 9.47. The fourth-order valence-electron chi connectivity index (χ4n) is 4.14. The Hall–Kier alpha value is -1.24. The second-order valence-electron chi connectivity index (χ2n) is 7.11. The van der Waals surface area contributed by atoms with E-state index in [1.165, 1.54) is 24.8 Å². The van der Waals surface area contributed by atoms with Crippen molar-refractivity contribution in [2.75, 3.05) is 0 Å². The second kappa shape index (κ2) is 4.40. The highest BCUT2D eigenvalue weighted by molar-refractivity contribution is 5.32. The zero-order valence-corrected chi connectivity index (χ0v) is 12.2. The summed E-state index contributed by atoms with van der Waals surface area (Å²) in [6.07, 6.45) is 6.32. The first-order valence-electron chi connectivity index (χ1n) is 7.43. The number of fused-ring (bicyclic) bond motifs is 2. The highest BCUT2D eigenvalue weighted by Gasteiger charge is 2.44. The molecule has 0 unspecified atom stereocenters. The zero-order valence-electron chi connectivity index (χ0n) is 12.2. The molecule has 0 spiro atoms. The minimum Gasteiger partial charge on any atom is -0.508 e. The fraction of sp³-hybridized carbons (Fsp3) is 0.556. The molecule has 102 valence electrons. The molecule has 3 atom stereocenters. The maximum absolute atomic E-state index is 9.47. The van der Waals surface area contributed by atoms with Crippen LogP contribution in [0.25, 0.3) is 0 Å². The van der Waals surface area contributed by atoms with E-state index >= 15 is 0 Å². The van der Waals surface area contributed by atoms with Crippen LogP contribution in [0.4, 0.5) is 0 Å². The van der Waals surface area contributed by atoms with Crippen LogP contribution in [0.3, 0.4) is 0 Å². The van der Waals surface area contributed by atoms with Crippen LogP contribution in [0.1, 0.15) is 51.5 Å². The third-order valence-electron chi connectivity index (χ3n) is 5.51. The van der Waals surface area contributed by atoms with Crippen molar-refractivity contribution in [2.45, 2.75) is 46.0 Å². The van der Waals surface area contributed by atoms with E-state index in [0.29, 0.717) is 23.0 Å². The molecule has 19 heavy (non-hydrogen) atoms. The maximum atomic E-state index is 9.47. The number of phenols is 1. The van der Waals surface area contributed by atoms with E-state index in [0.717, 1.165) is 5.92 Å². The Balaban J connectivity index is 1.97. The van der Waals surface area contributed by atoms with Crippen molar-refractivity contribution in [3.8, 4) is 5.75 Å². The van der Waals surface area contributed by atoms with Gasteiger partial charge in [0, 0.05) is 0 Å². The molecule has 1 aromatic rings. The van der Waals surface area contributed by atoms with E-state index in [4.69, 9.17) is 0 Å². The third-order valence-corrected chi connectivity index (χ3v) is 5.51. The lowest BCUT2D eigenvalue weighted by molar-refractivity contribution is 0.0834. The largest absolute Gasteiger partial charge is 0.508 e. The minimum absolute atomic E-state index is 0.368. The van der Waals surface area contributed by atoms with Crippen LogP contribution >= 0.6 is 0 Å². The first-order valence-corrected chi connectivity index (χ1v) is 7.43. The molecule has 1 aromatic carbocycles. The van der Waals surface area contributed by atoms with E-state index in [1.54, 1.807) is 5.57 Å². The number of hydrogen-bond acceptors (Lipinski definition) is 1. The molecule has 1 nitrogen and oxygen atoms in total. The summed E-state index contributed by atoms with van der Waals surface area (Å²) in [5.41, 5.74) is 3.39. The molecule has 0 heterocycles. The van der Waals surface area contributed by atoms with Gasteiger partial charge in [-0.2, -0.15) is 0 Å². The average Bonchev–Trinajstić information content (AvgIpc) is 2.37. The van der Waals surface area contributed by atoms with Crippen LogP contribution in [-0.4, -0.2) is 5.11 Å². The molecule has 1 N–H and O–H groups in total. The van der Waals surface area contributed by atoms with Crippen LogP contribution in [0.15, 0.2) is 35.9 Å². The van der Waals surface area contributed by atoms with Crippen molar-refractivity contribution < 1.29 is 5.11 Å². The van der Waals surface area contributed by atoms with Gasteiger partial charge in [0.1, 0.15) is 5.75 Å². The molecule has 2 aliphatic carbocycles. The Morgan fingerprint density at radius 1 is 1.11 bits per heavy atom. The molecule has 0 aromatic heterocycles. The lowest BCUT2D eigenvalue weighted by atomic mass is 9.55. The Morgan fingerprint density at radius 2 is 1.79 bits per heavy atom. The van der Waals surface area contributed by atoms with Gasteiger partial charge in [0.15, 0.2) is 0 Å². The second-order valence-corrected chi connectivity index (χ2v) is 7.11. The van der Waals surface area contributed by atoms with Gasteiger partial charge in [0.05, 0.1) is 0 Å². The van der Waals surface area contributed by atoms with Gasteiger partial charge in [-0.25, -0.2) is 0 Å². The van der Waals surface area contributed by atoms with Crippen molar-refractivity contribution >= 4 is 0 Å². The Labute approximate surface area is 116 Å². The summed E-state index contributed by atoms with van der Waals surface area (Å²) in [7, 11) is 0. The van der Waals surface area contributed by atoms with Gasteiger partial charge in [0.25, 0.3) is 0 Å². The van der Waals surface area contributed by atoms with Gasteiger partial charge in [-0.15, -0.1) is 0 Å². The highest BCUT2D eigenvalue weighted by Crippen LogP contribution is 2.55. The molecule has 1 fully saturated rings. The summed E-state index contributed by atoms with van der Waals surface area (Å²) in [6.45, 7) is 7.15. The van der Waals surface area contributed by atoms with Crippen LogP contribution in [0, 0.1) is 17.3 Å². The quantitative estimate of drug-likeness (QED) is 0.710. The van der Waals surface area contributed by atoms with Crippen molar-refractivity contribution in [1.82, 2.24) is 0 Å². The van der Waals surface area contributed by atoms with Gasteiger partial charge < -0.3 is 5.11 Å². The fourth-order valence-corrected chi connectivity index (χ4v) is 4.14. The number of hydrogen-bond donors (Lipinski definition) is 1. The molecule has 1 heteroatoms. The van der Waals surface area contributed by atoms with Gasteiger partial charge in [0.2, 0.25) is 0 Å². The number of rotatable bonds is 1. The molecule has 0 amide bonds. The topological polar surface area (TPSA) is 20.2 Å². The number of phenolic OH excluding ortho intramolecular Hbond substituents is 1. The monoisotopic (exact) mass is 256 g/mol. The molecule has 2 bridgehead atoms. The number of allylic oxidation sites excluding steroid dienone is 2. The lowest BCUT2D eigenvalue weighted by Gasteiger charge is -2.49. The van der Waals surface area contributed by atoms with E-state index in [-0.39, 0.29) is 0 Å². The molecular weight excluding hydrogens is 232 g/mol. The molecule has 3 rings (SSSR count). The molecule has 2 aliphatic rings. The summed E-state index contributed by atoms with van der Waals surface area (Å²) < 4.78 is 0. The Kier molecular flexibility index (Phi) is 2.96. The smallest absolute Gasteiger partial charge is 0.115 e. The summed E-state index contributed by atoms with van der Waals surface area (Å²) in [6, 6.07) is 7.88. The van der Waals surface area contributed by atoms with E-state index in [2.05, 4.69) is 39.0 Å². The zero-order chi connectivity index (χ0) is 13.6. The molecule has 1 saturated carbocycles. The van der Waals surface area contributed by atoms with Gasteiger partial charge in [-0.3, -0.25) is 0 Å². The van der Waals surface area contributed by atoms with Crippen LogP contribution in [-0.2, 0) is 0 Å². The summed E-state index contributed by atoms with van der Waals surface area (Å²) >= 11 is 0. The van der Waals surface area contributed by atoms with Crippen molar-refractivity contribution in [3.05, 3.63) is 41.5 Å². The molecule has 0 saturated heterocycles. The Bertz CT molecular complexity index is 495. The summed E-state index contributed by atoms with van der Waals surface area (Å²) in [4.78, 5) is 0. The lowest BCUT2D eigenvalue weighted by Crippen LogP contribution is -2.38. The average molecular weight is 256 g/mol. The van der Waals surface area contributed by atoms with Crippen molar-refractivity contribution in [2.24, 2.45) is 17.3 Å². The minimum atomic E-state index is 0.368. The predicted molar refractivity (Wildman–Crippen MR) is 79.2 cm³/mol. The van der Waals surface area contributed by atoms with Crippen molar-refractivity contribution in [3.63, 3.8) is 0 Å². The summed E-state index contributed by atoms with van der Waals surface area (Å²) in [5.74, 6) is 2.53. The standard InChI is InChI=1S/C18H24O/c1-12-4-7-14-10-16(12)17(11-18(14,2)3)13-5-8-15(19)9-6-13/h4-6,8-9,14,16-17,19H,7,10-11H2,1-3H3/t14-,16-,17-/m0/s1. The number of benzene rings is 1. The van der Waals surface area contributed by atoms with Gasteiger partial charge in [-0.1, -0.05) is 37.6 Å². The molecule has 0 aliphatic heterocycles. The highest BCUT2D eigenvalue weighted by atomic mass is 16.3. The van der Waals surface area contributed by atoms with Crippen LogP contribution in [0.2, 0.25) is 0 Å². The maximum Gasteiger partial charge on any atom is 0.115 e. The van der Waals surface area contributed by atoms with E-state index in [9.17, 15) is 5.11 Å². The number of aromatic hydroxyl groups is 1. The third kappa shape index (κ3) is 2.20. The van der Waals surface area contributed by atoms with E-state index in [1.807, 2.05) is 12.1 Å². The van der Waals surface area contributed by atoms with Crippen LogP contribution in [0.5, 0.6) is 5.75 Å².